The molecule has 0 atom stereocenters. The third kappa shape index (κ3) is 6.32. The minimum absolute atomic E-state index is 0.208. The van der Waals surface area contributed by atoms with Crippen LogP contribution in [0.2, 0.25) is 0 Å². The van der Waals surface area contributed by atoms with Crippen molar-refractivity contribution in [2.24, 2.45) is 0 Å². The predicted molar refractivity (Wildman–Crippen MR) is 65.6 cm³/mol. The first-order chi connectivity index (χ1) is 8.70. The van der Waals surface area contributed by atoms with Crippen LogP contribution in [0.25, 0.3) is 0 Å². The Bertz CT molecular complexity index is 371. The van der Waals surface area contributed by atoms with Gasteiger partial charge in [-0.05, 0) is 6.07 Å². The van der Waals surface area contributed by atoms with E-state index in [4.69, 9.17) is 9.47 Å². The molecule has 1 aromatic carbocycles. The van der Waals surface area contributed by atoms with Crippen molar-refractivity contribution >= 4 is 5.97 Å². The summed E-state index contributed by atoms with van der Waals surface area (Å²) in [6, 6.07) is 6.64. The SMILES string of the molecule is CC(=O)OCCOCCNCc1ccccc1F. The van der Waals surface area contributed by atoms with Crippen molar-refractivity contribution in [3.63, 3.8) is 0 Å². The molecule has 0 amide bonds. The van der Waals surface area contributed by atoms with Gasteiger partial charge in [0.1, 0.15) is 12.4 Å². The van der Waals surface area contributed by atoms with E-state index in [9.17, 15) is 9.18 Å². The number of hydrogen-bond donors (Lipinski definition) is 1. The molecule has 1 aromatic rings. The van der Waals surface area contributed by atoms with E-state index in [1.165, 1.54) is 13.0 Å². The predicted octanol–water partition coefficient (Wildman–Crippen LogP) is 1.49. The fraction of sp³-hybridized carbons (Fsp3) is 0.462. The summed E-state index contributed by atoms with van der Waals surface area (Å²) in [5.74, 6) is -0.517. The van der Waals surface area contributed by atoms with Gasteiger partial charge in [-0.15, -0.1) is 0 Å². The molecule has 5 heteroatoms. The average Bonchev–Trinajstić information content (AvgIpc) is 2.34. The summed E-state index contributed by atoms with van der Waals surface area (Å²) in [4.78, 5) is 10.4. The van der Waals surface area contributed by atoms with E-state index in [1.54, 1.807) is 18.2 Å². The van der Waals surface area contributed by atoms with Gasteiger partial charge in [0.05, 0.1) is 13.2 Å². The highest BCUT2D eigenvalue weighted by Gasteiger charge is 1.99. The lowest BCUT2D eigenvalue weighted by atomic mass is 10.2. The van der Waals surface area contributed by atoms with Gasteiger partial charge in [0.15, 0.2) is 0 Å². The number of carbonyl (C=O) groups excluding carboxylic acids is 1. The van der Waals surface area contributed by atoms with Crippen LogP contribution in [0.1, 0.15) is 12.5 Å². The summed E-state index contributed by atoms with van der Waals surface area (Å²) < 4.78 is 23.1. The molecule has 18 heavy (non-hydrogen) atoms. The normalized spacial score (nSPS) is 10.3. The molecule has 0 aliphatic heterocycles. The van der Waals surface area contributed by atoms with Gasteiger partial charge >= 0.3 is 5.97 Å². The first-order valence-electron chi connectivity index (χ1n) is 5.85. The van der Waals surface area contributed by atoms with Gasteiger partial charge in [-0.3, -0.25) is 4.79 Å². The Labute approximate surface area is 106 Å². The lowest BCUT2D eigenvalue weighted by molar-refractivity contribution is -0.142. The summed E-state index contributed by atoms with van der Waals surface area (Å²) >= 11 is 0. The second-order valence-electron chi connectivity index (χ2n) is 3.72. The van der Waals surface area contributed by atoms with Gasteiger partial charge in [-0.25, -0.2) is 4.39 Å². The van der Waals surface area contributed by atoms with Crippen LogP contribution in [0.3, 0.4) is 0 Å². The monoisotopic (exact) mass is 255 g/mol. The van der Waals surface area contributed by atoms with Crippen LogP contribution in [0.15, 0.2) is 24.3 Å². The number of hydrogen-bond acceptors (Lipinski definition) is 4. The van der Waals surface area contributed by atoms with E-state index < -0.39 is 0 Å². The number of ether oxygens (including phenoxy) is 2. The summed E-state index contributed by atoms with van der Waals surface area (Å²) in [5, 5.41) is 3.07. The maximum Gasteiger partial charge on any atom is 0.302 e. The quantitative estimate of drug-likeness (QED) is 0.565. The van der Waals surface area contributed by atoms with Crippen LogP contribution >= 0.6 is 0 Å². The van der Waals surface area contributed by atoms with Gasteiger partial charge in [-0.2, -0.15) is 0 Å². The highest BCUT2D eigenvalue weighted by atomic mass is 19.1. The molecule has 0 radical (unpaired) electrons. The summed E-state index contributed by atoms with van der Waals surface area (Å²) in [5.41, 5.74) is 0.636. The van der Waals surface area contributed by atoms with Crippen LogP contribution in [0, 0.1) is 5.82 Å². The smallest absolute Gasteiger partial charge is 0.302 e. The molecule has 0 spiro atoms. The standard InChI is InChI=1S/C13H18FNO3/c1-11(16)18-9-8-17-7-6-15-10-12-4-2-3-5-13(12)14/h2-5,15H,6-10H2,1H3. The number of carbonyl (C=O) groups is 1. The molecule has 1 N–H and O–H groups in total. The lowest BCUT2D eigenvalue weighted by Crippen LogP contribution is -2.21. The van der Waals surface area contributed by atoms with Gasteiger partial charge in [0, 0.05) is 25.6 Å². The Balaban J connectivity index is 1.99. The number of rotatable bonds is 8. The third-order valence-corrected chi connectivity index (χ3v) is 2.23. The first kappa shape index (κ1) is 14.6. The van der Waals surface area contributed by atoms with Crippen molar-refractivity contribution in [2.75, 3.05) is 26.4 Å². The van der Waals surface area contributed by atoms with Crippen LogP contribution in [-0.2, 0) is 20.8 Å². The van der Waals surface area contributed by atoms with Crippen molar-refractivity contribution in [3.05, 3.63) is 35.6 Å². The molecule has 0 aromatic heterocycles. The van der Waals surface area contributed by atoms with E-state index >= 15 is 0 Å². The Morgan fingerprint density at radius 2 is 2.06 bits per heavy atom. The highest BCUT2D eigenvalue weighted by Crippen LogP contribution is 2.04. The van der Waals surface area contributed by atoms with E-state index in [-0.39, 0.29) is 18.4 Å². The second kappa shape index (κ2) is 8.60. The molecule has 0 bridgehead atoms. The Kier molecular flexibility index (Phi) is 6.98. The van der Waals surface area contributed by atoms with E-state index in [2.05, 4.69) is 5.32 Å². The molecule has 0 aliphatic carbocycles. The van der Waals surface area contributed by atoms with Crippen LogP contribution in [0.4, 0.5) is 4.39 Å². The molecule has 1 rings (SSSR count). The maximum atomic E-state index is 13.2. The maximum absolute atomic E-state index is 13.2. The zero-order chi connectivity index (χ0) is 13.2. The zero-order valence-electron chi connectivity index (χ0n) is 10.4. The third-order valence-electron chi connectivity index (χ3n) is 2.23. The van der Waals surface area contributed by atoms with Crippen LogP contribution < -0.4 is 5.32 Å². The van der Waals surface area contributed by atoms with E-state index in [1.807, 2.05) is 0 Å². The Hall–Kier alpha value is -1.46. The van der Waals surface area contributed by atoms with Gasteiger partial charge in [0.2, 0.25) is 0 Å². The van der Waals surface area contributed by atoms with Crippen LogP contribution in [0.5, 0.6) is 0 Å². The molecule has 0 fully saturated rings. The first-order valence-corrected chi connectivity index (χ1v) is 5.85. The van der Waals surface area contributed by atoms with Crippen molar-refractivity contribution < 1.29 is 18.7 Å². The van der Waals surface area contributed by atoms with Gasteiger partial charge in [-0.1, -0.05) is 18.2 Å². The van der Waals surface area contributed by atoms with E-state index in [0.717, 1.165) is 0 Å². The number of nitrogens with one attached hydrogen (secondary N) is 1. The minimum Gasteiger partial charge on any atom is -0.463 e. The van der Waals surface area contributed by atoms with Gasteiger partial charge in [0.25, 0.3) is 0 Å². The summed E-state index contributed by atoms with van der Waals surface area (Å²) in [6.07, 6.45) is 0. The lowest BCUT2D eigenvalue weighted by Gasteiger charge is -2.07. The average molecular weight is 255 g/mol. The van der Waals surface area contributed by atoms with E-state index in [0.29, 0.717) is 31.9 Å². The molecule has 0 heterocycles. The molecule has 4 nitrogen and oxygen atoms in total. The molecule has 0 unspecified atom stereocenters. The van der Waals surface area contributed by atoms with Crippen molar-refractivity contribution in [1.82, 2.24) is 5.32 Å². The van der Waals surface area contributed by atoms with Crippen molar-refractivity contribution in [2.45, 2.75) is 13.5 Å². The minimum atomic E-state index is -0.309. The molecular formula is C13H18FNO3. The summed E-state index contributed by atoms with van der Waals surface area (Å²) in [7, 11) is 0. The van der Waals surface area contributed by atoms with Gasteiger partial charge < -0.3 is 14.8 Å². The second-order valence-corrected chi connectivity index (χ2v) is 3.72. The Morgan fingerprint density at radius 1 is 1.28 bits per heavy atom. The van der Waals surface area contributed by atoms with Crippen LogP contribution in [-0.4, -0.2) is 32.3 Å². The topological polar surface area (TPSA) is 47.6 Å². The largest absolute Gasteiger partial charge is 0.463 e. The Morgan fingerprint density at radius 3 is 2.78 bits per heavy atom. The number of esters is 1. The molecule has 0 aliphatic rings. The molecule has 0 saturated heterocycles. The fourth-order valence-electron chi connectivity index (χ4n) is 1.36. The molecule has 100 valence electrons. The number of halogens is 1. The zero-order valence-corrected chi connectivity index (χ0v) is 10.4. The summed E-state index contributed by atoms with van der Waals surface area (Å²) in [6.45, 7) is 3.59. The molecule has 0 saturated carbocycles. The van der Waals surface area contributed by atoms with Crippen molar-refractivity contribution in [1.29, 1.82) is 0 Å². The highest BCUT2D eigenvalue weighted by molar-refractivity contribution is 5.65. The fourth-order valence-corrected chi connectivity index (χ4v) is 1.36. The van der Waals surface area contributed by atoms with Crippen molar-refractivity contribution in [3.8, 4) is 0 Å². The number of benzene rings is 1. The molecular weight excluding hydrogens is 237 g/mol.